The first-order valence-electron chi connectivity index (χ1n) is 12.6. The summed E-state index contributed by atoms with van der Waals surface area (Å²) in [6.45, 7) is 1.85. The number of rotatable bonds is 12. The molecule has 0 aliphatic heterocycles. The number of nitrogens with zero attached hydrogens (tertiary/aromatic N) is 2. The Kier molecular flexibility index (Phi) is 9.98. The average Bonchev–Trinajstić information content (AvgIpc) is 3.34. The predicted octanol–water partition coefficient (Wildman–Crippen LogP) is 6.33. The number of hydrogen-bond acceptors (Lipinski definition) is 3. The number of carbonyl (C=O) groups is 2. The lowest BCUT2D eigenvalue weighted by Gasteiger charge is -2.28. The Morgan fingerprint density at radius 1 is 0.974 bits per heavy atom. The molecule has 2 amide bonds. The quantitative estimate of drug-likeness (QED) is 0.194. The van der Waals surface area contributed by atoms with Crippen LogP contribution in [0.4, 0.5) is 0 Å². The highest BCUT2D eigenvalue weighted by atomic mass is 79.9. The second-order valence-corrected chi connectivity index (χ2v) is 10.5. The van der Waals surface area contributed by atoms with Crippen molar-refractivity contribution in [1.82, 2.24) is 14.8 Å². The minimum absolute atomic E-state index is 0.0173. The summed E-state index contributed by atoms with van der Waals surface area (Å²) in [5, 5.41) is 1.80. The van der Waals surface area contributed by atoms with Gasteiger partial charge in [-0.3, -0.25) is 9.59 Å². The highest BCUT2D eigenvalue weighted by Gasteiger charge is 2.23. The van der Waals surface area contributed by atoms with Gasteiger partial charge in [0.1, 0.15) is 6.54 Å². The topological polar surface area (TPSA) is 65.6 Å². The lowest BCUT2D eigenvalue weighted by atomic mass is 10.1. The van der Waals surface area contributed by atoms with Gasteiger partial charge in [-0.05, 0) is 60.4 Å². The summed E-state index contributed by atoms with van der Waals surface area (Å²) in [5.74, 6) is -0.292. The maximum Gasteiger partial charge on any atom is 0.254 e. The van der Waals surface area contributed by atoms with Crippen molar-refractivity contribution in [3.05, 3.63) is 105 Å². The van der Waals surface area contributed by atoms with Crippen LogP contribution >= 0.6 is 27.5 Å². The van der Waals surface area contributed by atoms with Gasteiger partial charge in [-0.1, -0.05) is 63.9 Å². The number of nitrogens with one attached hydrogen (secondary N) is 1. The molecule has 3 aromatic carbocycles. The minimum Gasteiger partial charge on any atom is -0.385 e. The Hall–Kier alpha value is -3.13. The van der Waals surface area contributed by atoms with Gasteiger partial charge in [-0.2, -0.15) is 0 Å². The van der Waals surface area contributed by atoms with Crippen LogP contribution in [0.1, 0.15) is 27.9 Å². The third-order valence-electron chi connectivity index (χ3n) is 6.43. The smallest absolute Gasteiger partial charge is 0.254 e. The number of aromatic amines is 1. The maximum atomic E-state index is 13.7. The molecule has 0 fully saturated rings. The molecule has 1 heterocycles. The summed E-state index contributed by atoms with van der Waals surface area (Å²) in [5.41, 5.74) is 3.73. The highest BCUT2D eigenvalue weighted by Crippen LogP contribution is 2.20. The molecule has 1 aromatic heterocycles. The predicted molar refractivity (Wildman–Crippen MR) is 155 cm³/mol. The lowest BCUT2D eigenvalue weighted by Crippen LogP contribution is -2.44. The van der Waals surface area contributed by atoms with Gasteiger partial charge in [0.2, 0.25) is 5.91 Å². The number of amides is 2. The zero-order valence-electron chi connectivity index (χ0n) is 21.3. The van der Waals surface area contributed by atoms with Crippen LogP contribution in [-0.2, 0) is 22.5 Å². The summed E-state index contributed by atoms with van der Waals surface area (Å²) in [6.07, 6.45) is 3.33. The number of benzene rings is 3. The fraction of sp³-hybridized carbons (Fsp3) is 0.267. The van der Waals surface area contributed by atoms with E-state index in [-0.39, 0.29) is 18.4 Å². The fourth-order valence-corrected chi connectivity index (χ4v) is 4.94. The van der Waals surface area contributed by atoms with Crippen LogP contribution in [-0.4, -0.2) is 59.9 Å². The van der Waals surface area contributed by atoms with Gasteiger partial charge in [-0.15, -0.1) is 0 Å². The standard InChI is InChI=1S/C30H31BrClN3O3/c1-38-17-5-15-35(30(37)23-6-4-7-25(31)18-23)21-29(36)34(20-22-10-12-26(32)13-11-22)16-14-24-19-33-28-9-3-2-8-27(24)28/h2-4,6-13,18-19,33H,5,14-17,20-21H2,1H3. The van der Waals surface area contributed by atoms with Crippen LogP contribution in [0.2, 0.25) is 5.02 Å². The van der Waals surface area contributed by atoms with E-state index >= 15 is 0 Å². The second kappa shape index (κ2) is 13.6. The SMILES string of the molecule is COCCCN(CC(=O)N(CCc1c[nH]c2ccccc12)Cc1ccc(Cl)cc1)C(=O)c1cccc(Br)c1. The largest absolute Gasteiger partial charge is 0.385 e. The monoisotopic (exact) mass is 595 g/mol. The molecule has 0 spiro atoms. The molecule has 0 atom stereocenters. The molecule has 0 bridgehead atoms. The molecule has 6 nitrogen and oxygen atoms in total. The third kappa shape index (κ3) is 7.47. The van der Waals surface area contributed by atoms with Crippen molar-refractivity contribution in [3.8, 4) is 0 Å². The number of methoxy groups -OCH3 is 1. The zero-order valence-corrected chi connectivity index (χ0v) is 23.7. The van der Waals surface area contributed by atoms with E-state index in [4.69, 9.17) is 16.3 Å². The fourth-order valence-electron chi connectivity index (χ4n) is 4.42. The number of carbonyl (C=O) groups excluding carboxylic acids is 2. The number of H-pyrrole nitrogens is 1. The van der Waals surface area contributed by atoms with Crippen molar-refractivity contribution in [3.63, 3.8) is 0 Å². The highest BCUT2D eigenvalue weighted by molar-refractivity contribution is 9.10. The van der Waals surface area contributed by atoms with E-state index in [0.29, 0.717) is 49.7 Å². The summed E-state index contributed by atoms with van der Waals surface area (Å²) < 4.78 is 6.01. The van der Waals surface area contributed by atoms with Crippen molar-refractivity contribution >= 4 is 50.2 Å². The van der Waals surface area contributed by atoms with Crippen molar-refractivity contribution in [2.75, 3.05) is 33.4 Å². The number of ether oxygens (including phenoxy) is 1. The molecule has 0 radical (unpaired) electrons. The Balaban J connectivity index is 1.54. The van der Waals surface area contributed by atoms with Crippen LogP contribution in [0.3, 0.4) is 0 Å². The summed E-state index contributed by atoms with van der Waals surface area (Å²) >= 11 is 9.52. The van der Waals surface area contributed by atoms with E-state index in [0.717, 1.165) is 26.5 Å². The molecule has 4 rings (SSSR count). The van der Waals surface area contributed by atoms with Gasteiger partial charge in [0.05, 0.1) is 0 Å². The Morgan fingerprint density at radius 3 is 2.53 bits per heavy atom. The summed E-state index contributed by atoms with van der Waals surface area (Å²) in [7, 11) is 1.63. The molecule has 0 unspecified atom stereocenters. The molecule has 0 saturated carbocycles. The normalized spacial score (nSPS) is 11.0. The van der Waals surface area contributed by atoms with Crippen LogP contribution in [0.15, 0.2) is 83.5 Å². The van der Waals surface area contributed by atoms with Crippen molar-refractivity contribution in [2.24, 2.45) is 0 Å². The van der Waals surface area contributed by atoms with E-state index in [2.05, 4.69) is 27.0 Å². The number of para-hydroxylation sites is 1. The van der Waals surface area contributed by atoms with Gasteiger partial charge in [-0.25, -0.2) is 0 Å². The van der Waals surface area contributed by atoms with Crippen LogP contribution < -0.4 is 0 Å². The van der Waals surface area contributed by atoms with E-state index in [1.807, 2.05) is 65.7 Å². The van der Waals surface area contributed by atoms with E-state index < -0.39 is 0 Å². The Bertz CT molecular complexity index is 1370. The number of aromatic nitrogens is 1. The van der Waals surface area contributed by atoms with Crippen LogP contribution in [0.5, 0.6) is 0 Å². The van der Waals surface area contributed by atoms with Gasteiger partial charge < -0.3 is 19.5 Å². The van der Waals surface area contributed by atoms with Crippen molar-refractivity contribution in [2.45, 2.75) is 19.4 Å². The first-order chi connectivity index (χ1) is 18.4. The zero-order chi connectivity index (χ0) is 26.9. The van der Waals surface area contributed by atoms with Crippen LogP contribution in [0.25, 0.3) is 10.9 Å². The molecule has 4 aromatic rings. The molecule has 38 heavy (non-hydrogen) atoms. The number of hydrogen-bond donors (Lipinski definition) is 1. The molecule has 1 N–H and O–H groups in total. The molecule has 0 aliphatic carbocycles. The Labute approximate surface area is 236 Å². The third-order valence-corrected chi connectivity index (χ3v) is 7.17. The maximum absolute atomic E-state index is 13.7. The van der Waals surface area contributed by atoms with Gasteiger partial charge >= 0.3 is 0 Å². The van der Waals surface area contributed by atoms with E-state index in [1.165, 1.54) is 0 Å². The summed E-state index contributed by atoms with van der Waals surface area (Å²) in [6, 6.07) is 22.9. The molecule has 198 valence electrons. The molecular formula is C30H31BrClN3O3. The van der Waals surface area contributed by atoms with E-state index in [9.17, 15) is 9.59 Å². The van der Waals surface area contributed by atoms with Gasteiger partial charge in [0.25, 0.3) is 5.91 Å². The lowest BCUT2D eigenvalue weighted by molar-refractivity contribution is -0.132. The first-order valence-corrected chi connectivity index (χ1v) is 13.7. The number of halogens is 2. The van der Waals surface area contributed by atoms with E-state index in [1.54, 1.807) is 24.1 Å². The van der Waals surface area contributed by atoms with Crippen molar-refractivity contribution < 1.29 is 14.3 Å². The first kappa shape index (κ1) is 27.9. The summed E-state index contributed by atoms with van der Waals surface area (Å²) in [4.78, 5) is 33.9. The van der Waals surface area contributed by atoms with Crippen molar-refractivity contribution in [1.29, 1.82) is 0 Å². The molecule has 0 aliphatic rings. The van der Waals surface area contributed by atoms with Crippen LogP contribution in [0, 0.1) is 0 Å². The molecule has 8 heteroatoms. The molecule has 0 saturated heterocycles. The average molecular weight is 597 g/mol. The molecular weight excluding hydrogens is 566 g/mol. The second-order valence-electron chi connectivity index (χ2n) is 9.13. The minimum atomic E-state index is -0.182. The van der Waals surface area contributed by atoms with Gasteiger partial charge in [0.15, 0.2) is 0 Å². The van der Waals surface area contributed by atoms with Gasteiger partial charge in [0, 0.05) is 65.5 Å². The number of fused-ring (bicyclic) bond motifs is 1. The Morgan fingerprint density at radius 2 is 1.76 bits per heavy atom.